The van der Waals surface area contributed by atoms with Gasteiger partial charge in [-0.15, -0.1) is 0 Å². The third kappa shape index (κ3) is 8.37. The van der Waals surface area contributed by atoms with Gasteiger partial charge < -0.3 is 5.73 Å². The standard InChI is InChI=1S/C15H31NO/c1-4-7-14(10-11-16)8-9-15(17)12-13(5-2)6-3/h13-14H,4-12,16H2,1-3H3. The Bertz CT molecular complexity index is 181. The van der Waals surface area contributed by atoms with E-state index >= 15 is 0 Å². The second-order valence-corrected chi connectivity index (χ2v) is 5.20. The van der Waals surface area contributed by atoms with Crippen LogP contribution in [0.25, 0.3) is 0 Å². The van der Waals surface area contributed by atoms with Gasteiger partial charge in [-0.1, -0.05) is 46.5 Å². The number of carbonyl (C=O) groups excluding carboxylic acids is 1. The molecule has 0 aliphatic heterocycles. The van der Waals surface area contributed by atoms with Crippen LogP contribution in [0.1, 0.15) is 72.1 Å². The Hall–Kier alpha value is -0.370. The van der Waals surface area contributed by atoms with Gasteiger partial charge in [0.25, 0.3) is 0 Å². The average molecular weight is 241 g/mol. The van der Waals surface area contributed by atoms with Crippen molar-refractivity contribution in [3.63, 3.8) is 0 Å². The zero-order valence-electron chi connectivity index (χ0n) is 12.0. The van der Waals surface area contributed by atoms with Crippen LogP contribution in [0, 0.1) is 11.8 Å². The highest BCUT2D eigenvalue weighted by atomic mass is 16.1. The molecule has 0 saturated carbocycles. The van der Waals surface area contributed by atoms with E-state index in [2.05, 4.69) is 20.8 Å². The van der Waals surface area contributed by atoms with Crippen molar-refractivity contribution in [3.05, 3.63) is 0 Å². The van der Waals surface area contributed by atoms with E-state index < -0.39 is 0 Å². The summed E-state index contributed by atoms with van der Waals surface area (Å²) < 4.78 is 0. The Morgan fingerprint density at radius 3 is 2.12 bits per heavy atom. The molecule has 0 aromatic carbocycles. The lowest BCUT2D eigenvalue weighted by Gasteiger charge is -2.15. The molecule has 1 unspecified atom stereocenters. The average Bonchev–Trinajstić information content (AvgIpc) is 2.33. The summed E-state index contributed by atoms with van der Waals surface area (Å²) in [6.45, 7) is 7.31. The van der Waals surface area contributed by atoms with Gasteiger partial charge in [-0.3, -0.25) is 4.79 Å². The maximum absolute atomic E-state index is 11.9. The maximum atomic E-state index is 11.9. The molecule has 2 nitrogen and oxygen atoms in total. The minimum Gasteiger partial charge on any atom is -0.330 e. The van der Waals surface area contributed by atoms with Gasteiger partial charge in [0.05, 0.1) is 0 Å². The lowest BCUT2D eigenvalue weighted by molar-refractivity contribution is -0.120. The quantitative estimate of drug-likeness (QED) is 0.595. The van der Waals surface area contributed by atoms with Gasteiger partial charge in [0.1, 0.15) is 5.78 Å². The summed E-state index contributed by atoms with van der Waals surface area (Å²) in [7, 11) is 0. The van der Waals surface area contributed by atoms with Crippen LogP contribution in [0.2, 0.25) is 0 Å². The van der Waals surface area contributed by atoms with E-state index in [1.54, 1.807) is 0 Å². The molecule has 0 bridgehead atoms. The van der Waals surface area contributed by atoms with Gasteiger partial charge in [-0.25, -0.2) is 0 Å². The van der Waals surface area contributed by atoms with Crippen LogP contribution in [0.4, 0.5) is 0 Å². The first-order valence-corrected chi connectivity index (χ1v) is 7.39. The fourth-order valence-corrected chi connectivity index (χ4v) is 2.44. The molecule has 0 aliphatic rings. The number of nitrogens with two attached hydrogens (primary N) is 1. The van der Waals surface area contributed by atoms with E-state index in [1.165, 1.54) is 12.8 Å². The summed E-state index contributed by atoms with van der Waals surface area (Å²) >= 11 is 0. The Labute approximate surface area is 107 Å². The van der Waals surface area contributed by atoms with Crippen LogP contribution >= 0.6 is 0 Å². The monoisotopic (exact) mass is 241 g/mol. The molecule has 0 radical (unpaired) electrons. The summed E-state index contributed by atoms with van der Waals surface area (Å²) in [5, 5.41) is 0. The predicted octanol–water partition coefficient (Wildman–Crippen LogP) is 3.93. The van der Waals surface area contributed by atoms with Crippen molar-refractivity contribution >= 4 is 5.78 Å². The van der Waals surface area contributed by atoms with Gasteiger partial charge in [-0.05, 0) is 31.2 Å². The molecule has 0 aromatic heterocycles. The molecule has 2 N–H and O–H groups in total. The van der Waals surface area contributed by atoms with E-state index in [1.807, 2.05) is 0 Å². The van der Waals surface area contributed by atoms with Crippen LogP contribution < -0.4 is 5.73 Å². The van der Waals surface area contributed by atoms with Crippen LogP contribution in [-0.2, 0) is 4.79 Å². The fraction of sp³-hybridized carbons (Fsp3) is 0.933. The molecule has 0 saturated heterocycles. The van der Waals surface area contributed by atoms with E-state index in [0.29, 0.717) is 17.6 Å². The van der Waals surface area contributed by atoms with Gasteiger partial charge in [0.2, 0.25) is 0 Å². The number of Topliss-reactive ketones (excluding diaryl/α,β-unsaturated/α-hetero) is 1. The van der Waals surface area contributed by atoms with Crippen LogP contribution in [-0.4, -0.2) is 12.3 Å². The summed E-state index contributed by atoms with van der Waals surface area (Å²) in [4.78, 5) is 11.9. The molecule has 0 rings (SSSR count). The van der Waals surface area contributed by atoms with Crippen molar-refractivity contribution in [1.82, 2.24) is 0 Å². The normalized spacial score (nSPS) is 13.0. The minimum atomic E-state index is 0.455. The minimum absolute atomic E-state index is 0.455. The molecular formula is C15H31NO. The second-order valence-electron chi connectivity index (χ2n) is 5.20. The fourth-order valence-electron chi connectivity index (χ4n) is 2.44. The van der Waals surface area contributed by atoms with Crippen LogP contribution in [0.15, 0.2) is 0 Å². The first-order valence-electron chi connectivity index (χ1n) is 7.39. The molecule has 2 heteroatoms. The summed E-state index contributed by atoms with van der Waals surface area (Å²) in [5.74, 6) is 1.72. The number of ketones is 1. The van der Waals surface area contributed by atoms with Crippen molar-refractivity contribution < 1.29 is 4.79 Å². The van der Waals surface area contributed by atoms with Crippen molar-refractivity contribution in [3.8, 4) is 0 Å². The molecule has 0 fully saturated rings. The van der Waals surface area contributed by atoms with Gasteiger partial charge >= 0.3 is 0 Å². The molecule has 17 heavy (non-hydrogen) atoms. The van der Waals surface area contributed by atoms with E-state index in [9.17, 15) is 4.79 Å². The number of hydrogen-bond acceptors (Lipinski definition) is 2. The first-order chi connectivity index (χ1) is 8.17. The molecule has 1 atom stereocenters. The Balaban J connectivity index is 3.86. The number of carbonyl (C=O) groups is 1. The summed E-state index contributed by atoms with van der Waals surface area (Å²) in [6.07, 6.45) is 8.35. The van der Waals surface area contributed by atoms with Crippen molar-refractivity contribution in [1.29, 1.82) is 0 Å². The SMILES string of the molecule is CCCC(CCN)CCC(=O)CC(CC)CC. The highest BCUT2D eigenvalue weighted by Crippen LogP contribution is 2.20. The van der Waals surface area contributed by atoms with Gasteiger partial charge in [-0.2, -0.15) is 0 Å². The highest BCUT2D eigenvalue weighted by molar-refractivity contribution is 5.78. The molecule has 0 aromatic rings. The Kier molecular flexibility index (Phi) is 10.5. The van der Waals surface area contributed by atoms with E-state index in [4.69, 9.17) is 5.73 Å². The Morgan fingerprint density at radius 1 is 1.00 bits per heavy atom. The van der Waals surface area contributed by atoms with Crippen LogP contribution in [0.3, 0.4) is 0 Å². The summed E-state index contributed by atoms with van der Waals surface area (Å²) in [6, 6.07) is 0. The van der Waals surface area contributed by atoms with Crippen molar-refractivity contribution in [2.75, 3.05) is 6.54 Å². The largest absolute Gasteiger partial charge is 0.330 e. The lowest BCUT2D eigenvalue weighted by atomic mass is 9.90. The molecule has 0 aliphatic carbocycles. The maximum Gasteiger partial charge on any atom is 0.133 e. The molecule has 0 heterocycles. The van der Waals surface area contributed by atoms with Gasteiger partial charge in [0.15, 0.2) is 0 Å². The zero-order valence-corrected chi connectivity index (χ0v) is 12.0. The van der Waals surface area contributed by atoms with E-state index in [-0.39, 0.29) is 0 Å². The second kappa shape index (κ2) is 10.8. The first kappa shape index (κ1) is 16.6. The topological polar surface area (TPSA) is 43.1 Å². The van der Waals surface area contributed by atoms with Crippen molar-refractivity contribution in [2.45, 2.75) is 72.1 Å². The third-order valence-electron chi connectivity index (χ3n) is 3.77. The third-order valence-corrected chi connectivity index (χ3v) is 3.77. The number of hydrogen-bond donors (Lipinski definition) is 1. The predicted molar refractivity (Wildman–Crippen MR) is 75.0 cm³/mol. The smallest absolute Gasteiger partial charge is 0.133 e. The van der Waals surface area contributed by atoms with Crippen LogP contribution in [0.5, 0.6) is 0 Å². The highest BCUT2D eigenvalue weighted by Gasteiger charge is 2.13. The Morgan fingerprint density at radius 2 is 1.65 bits per heavy atom. The number of rotatable bonds is 11. The van der Waals surface area contributed by atoms with E-state index in [0.717, 1.165) is 45.1 Å². The van der Waals surface area contributed by atoms with Crippen molar-refractivity contribution in [2.24, 2.45) is 17.6 Å². The van der Waals surface area contributed by atoms with Gasteiger partial charge in [0, 0.05) is 12.8 Å². The molecular weight excluding hydrogens is 210 g/mol. The molecule has 0 spiro atoms. The molecule has 0 amide bonds. The molecule has 102 valence electrons. The summed E-state index contributed by atoms with van der Waals surface area (Å²) in [5.41, 5.74) is 5.60. The zero-order chi connectivity index (χ0) is 13.1. The lowest BCUT2D eigenvalue weighted by Crippen LogP contribution is -2.12.